The summed E-state index contributed by atoms with van der Waals surface area (Å²) < 4.78 is 11.7. The number of methoxy groups -OCH3 is 1. The maximum atomic E-state index is 9.87. The number of aromatic hydroxyl groups is 1. The zero-order chi connectivity index (χ0) is 20.9. The fourth-order valence-corrected chi connectivity index (χ4v) is 6.58. The van der Waals surface area contributed by atoms with Gasteiger partial charge in [0.1, 0.15) is 11.5 Å². The lowest BCUT2D eigenvalue weighted by molar-refractivity contribution is 0.297. The second kappa shape index (κ2) is 7.47. The molecule has 0 amide bonds. The molecule has 2 fully saturated rings. The first kappa shape index (κ1) is 19.0. The van der Waals surface area contributed by atoms with Crippen LogP contribution in [-0.4, -0.2) is 12.2 Å². The van der Waals surface area contributed by atoms with Crippen LogP contribution < -0.4 is 9.47 Å². The third-order valence-corrected chi connectivity index (χ3v) is 8.06. The zero-order valence-electron chi connectivity index (χ0n) is 18.0. The van der Waals surface area contributed by atoms with E-state index in [-0.39, 0.29) is 5.75 Å². The van der Waals surface area contributed by atoms with Crippen molar-refractivity contribution in [3.8, 4) is 17.2 Å². The zero-order valence-corrected chi connectivity index (χ0v) is 18.0. The lowest BCUT2D eigenvalue weighted by Crippen LogP contribution is -2.17. The van der Waals surface area contributed by atoms with Crippen LogP contribution in [0.3, 0.4) is 0 Å². The van der Waals surface area contributed by atoms with Gasteiger partial charge in [-0.15, -0.1) is 0 Å². The summed E-state index contributed by atoms with van der Waals surface area (Å²) in [5.41, 5.74) is 2.68. The summed E-state index contributed by atoms with van der Waals surface area (Å²) in [7, 11) is 1.60. The molecule has 2 aromatic rings. The predicted octanol–water partition coefficient (Wildman–Crippen LogP) is 6.24. The van der Waals surface area contributed by atoms with E-state index in [0.717, 1.165) is 29.8 Å². The topological polar surface area (TPSA) is 38.7 Å². The highest BCUT2D eigenvalue weighted by atomic mass is 16.5. The number of rotatable bonds is 6. The summed E-state index contributed by atoms with van der Waals surface area (Å²) in [6.45, 7) is 0. The molecule has 0 radical (unpaired) electrons. The largest absolute Gasteiger partial charge is 0.504 e. The van der Waals surface area contributed by atoms with Crippen LogP contribution in [0.25, 0.3) is 0 Å². The minimum atomic E-state index is 0.202. The van der Waals surface area contributed by atoms with E-state index in [9.17, 15) is 5.11 Å². The summed E-state index contributed by atoms with van der Waals surface area (Å²) in [6.07, 6.45) is 13.2. The number of hydrogen-bond acceptors (Lipinski definition) is 3. The molecule has 6 rings (SSSR count). The van der Waals surface area contributed by atoms with Gasteiger partial charge in [-0.1, -0.05) is 30.4 Å². The van der Waals surface area contributed by atoms with Gasteiger partial charge < -0.3 is 14.6 Å². The Hall–Kier alpha value is -2.68. The van der Waals surface area contributed by atoms with Gasteiger partial charge in [0.25, 0.3) is 0 Å². The second-order valence-corrected chi connectivity index (χ2v) is 9.94. The van der Waals surface area contributed by atoms with Crippen LogP contribution in [0.5, 0.6) is 17.2 Å². The van der Waals surface area contributed by atoms with Gasteiger partial charge >= 0.3 is 0 Å². The van der Waals surface area contributed by atoms with Crippen molar-refractivity contribution in [3.63, 3.8) is 0 Å². The highest BCUT2D eigenvalue weighted by molar-refractivity contribution is 5.42. The smallest absolute Gasteiger partial charge is 0.160 e. The normalized spacial score (nSPS) is 32.5. The monoisotopic (exact) mass is 414 g/mol. The molecule has 2 aromatic carbocycles. The van der Waals surface area contributed by atoms with Crippen molar-refractivity contribution < 1.29 is 14.6 Å². The third-order valence-electron chi connectivity index (χ3n) is 8.06. The Kier molecular flexibility index (Phi) is 4.59. The molecule has 3 heteroatoms. The van der Waals surface area contributed by atoms with E-state index in [4.69, 9.17) is 9.47 Å². The average molecular weight is 415 g/mol. The lowest BCUT2D eigenvalue weighted by atomic mass is 9.86. The van der Waals surface area contributed by atoms with Crippen LogP contribution in [-0.2, 0) is 6.42 Å². The van der Waals surface area contributed by atoms with Crippen molar-refractivity contribution in [2.75, 3.05) is 7.11 Å². The number of hydrogen-bond donors (Lipinski definition) is 1. The minimum absolute atomic E-state index is 0.202. The highest BCUT2D eigenvalue weighted by Crippen LogP contribution is 2.51. The maximum absolute atomic E-state index is 9.87. The Balaban J connectivity index is 1.12. The van der Waals surface area contributed by atoms with Crippen LogP contribution >= 0.6 is 0 Å². The molecule has 4 bridgehead atoms. The van der Waals surface area contributed by atoms with E-state index in [2.05, 4.69) is 42.5 Å². The molecule has 1 N–H and O–H groups in total. The van der Waals surface area contributed by atoms with Gasteiger partial charge in [0, 0.05) is 5.92 Å². The summed E-state index contributed by atoms with van der Waals surface area (Å²) in [5.74, 6) is 6.81. The van der Waals surface area contributed by atoms with Crippen LogP contribution in [0.2, 0.25) is 0 Å². The van der Waals surface area contributed by atoms with Crippen LogP contribution in [0.1, 0.15) is 42.7 Å². The van der Waals surface area contributed by atoms with Gasteiger partial charge in [0.15, 0.2) is 11.5 Å². The number of allylic oxidation sites excluding steroid dienone is 4. The fourth-order valence-electron chi connectivity index (χ4n) is 6.58. The molecule has 6 unspecified atom stereocenters. The minimum Gasteiger partial charge on any atom is -0.504 e. The highest BCUT2D eigenvalue weighted by Gasteiger charge is 2.42. The molecule has 0 saturated heterocycles. The van der Waals surface area contributed by atoms with E-state index >= 15 is 0 Å². The van der Waals surface area contributed by atoms with Gasteiger partial charge in [-0.2, -0.15) is 0 Å². The number of ether oxygens (including phenoxy) is 2. The molecule has 3 nitrogen and oxygen atoms in total. The van der Waals surface area contributed by atoms with Gasteiger partial charge in [-0.25, -0.2) is 0 Å². The maximum Gasteiger partial charge on any atom is 0.160 e. The average Bonchev–Trinajstić information content (AvgIpc) is 3.57. The Labute approximate surface area is 184 Å². The summed E-state index contributed by atoms with van der Waals surface area (Å²) in [6, 6.07) is 14.6. The molecule has 0 heterocycles. The third kappa shape index (κ3) is 3.44. The number of phenols is 1. The molecule has 0 spiro atoms. The SMILES string of the molecule is COc1cc(CC2CC3C=C(Oc4ccc(C5CC6C=CC5C6)cc4)C2C3)ccc1O. The number of benzene rings is 2. The predicted molar refractivity (Wildman–Crippen MR) is 121 cm³/mol. The van der Waals surface area contributed by atoms with Gasteiger partial charge in [-0.05, 0) is 103 Å². The molecule has 160 valence electrons. The summed E-state index contributed by atoms with van der Waals surface area (Å²) >= 11 is 0. The molecule has 31 heavy (non-hydrogen) atoms. The Bertz CT molecular complexity index is 1030. The molecule has 0 aromatic heterocycles. The fraction of sp³-hybridized carbons (Fsp3) is 0.429. The van der Waals surface area contributed by atoms with Crippen molar-refractivity contribution in [3.05, 3.63) is 77.6 Å². The molecular weight excluding hydrogens is 384 g/mol. The van der Waals surface area contributed by atoms with E-state index in [1.165, 1.54) is 36.8 Å². The van der Waals surface area contributed by atoms with Crippen molar-refractivity contribution in [1.82, 2.24) is 0 Å². The Morgan fingerprint density at radius 2 is 1.74 bits per heavy atom. The van der Waals surface area contributed by atoms with E-state index in [1.807, 2.05) is 12.1 Å². The van der Waals surface area contributed by atoms with E-state index in [0.29, 0.717) is 29.4 Å². The first-order valence-corrected chi connectivity index (χ1v) is 11.7. The number of phenolic OH excluding ortho intramolecular Hbond substituents is 1. The van der Waals surface area contributed by atoms with Crippen molar-refractivity contribution >= 4 is 0 Å². The van der Waals surface area contributed by atoms with Crippen molar-refractivity contribution in [2.45, 2.75) is 38.0 Å². The van der Waals surface area contributed by atoms with Crippen molar-refractivity contribution in [1.29, 1.82) is 0 Å². The Morgan fingerprint density at radius 3 is 2.45 bits per heavy atom. The Morgan fingerprint density at radius 1 is 0.903 bits per heavy atom. The van der Waals surface area contributed by atoms with E-state index in [1.54, 1.807) is 13.2 Å². The molecule has 4 aliphatic rings. The van der Waals surface area contributed by atoms with E-state index < -0.39 is 0 Å². The standard InChI is InChI=1S/C28H30O3/c1-30-28-15-18(3-9-26(28)29)11-22-12-19-14-25(22)27(16-19)31-23-7-5-20(6-8-23)24-13-17-2-4-21(24)10-17/h2-9,15-17,19,21-22,24-25,29H,10-14H2,1H3. The quantitative estimate of drug-likeness (QED) is 0.569. The van der Waals surface area contributed by atoms with Crippen LogP contribution in [0, 0.1) is 29.6 Å². The van der Waals surface area contributed by atoms with Crippen LogP contribution in [0.15, 0.2) is 66.5 Å². The molecule has 2 saturated carbocycles. The van der Waals surface area contributed by atoms with Gasteiger partial charge in [-0.3, -0.25) is 0 Å². The molecule has 4 aliphatic carbocycles. The molecule has 6 atom stereocenters. The van der Waals surface area contributed by atoms with Crippen molar-refractivity contribution in [2.24, 2.45) is 29.6 Å². The second-order valence-electron chi connectivity index (χ2n) is 9.94. The first-order valence-electron chi connectivity index (χ1n) is 11.7. The first-order chi connectivity index (χ1) is 15.2. The van der Waals surface area contributed by atoms with Gasteiger partial charge in [0.2, 0.25) is 0 Å². The summed E-state index contributed by atoms with van der Waals surface area (Å²) in [5, 5.41) is 9.87. The summed E-state index contributed by atoms with van der Waals surface area (Å²) in [4.78, 5) is 0. The molecule has 0 aliphatic heterocycles. The lowest BCUT2D eigenvalue weighted by Gasteiger charge is -2.24. The number of fused-ring (bicyclic) bond motifs is 4. The van der Waals surface area contributed by atoms with Gasteiger partial charge in [0.05, 0.1) is 7.11 Å². The van der Waals surface area contributed by atoms with Crippen LogP contribution in [0.4, 0.5) is 0 Å². The molecular formula is C28H30O3.